The van der Waals surface area contributed by atoms with Gasteiger partial charge in [0.1, 0.15) is 0 Å². The van der Waals surface area contributed by atoms with Crippen LogP contribution in [0.2, 0.25) is 0 Å². The summed E-state index contributed by atoms with van der Waals surface area (Å²) in [6.07, 6.45) is 5.24. The topological polar surface area (TPSA) is 46.1 Å². The Morgan fingerprint density at radius 2 is 2.35 bits per heavy atom. The maximum Gasteiger partial charge on any atom is 0.241 e. The molecule has 1 aliphatic rings. The Balaban J connectivity index is 1.77. The number of carbonyl (C=O) groups excluding carboxylic acids is 1. The van der Waals surface area contributed by atoms with E-state index in [-0.39, 0.29) is 11.9 Å². The van der Waals surface area contributed by atoms with E-state index in [0.29, 0.717) is 0 Å². The van der Waals surface area contributed by atoms with Crippen LogP contribution in [0.3, 0.4) is 0 Å². The zero-order valence-corrected chi connectivity index (χ0v) is 11.9. The molecule has 0 spiro atoms. The van der Waals surface area contributed by atoms with Gasteiger partial charge in [0.15, 0.2) is 0 Å². The van der Waals surface area contributed by atoms with Crippen molar-refractivity contribution >= 4 is 22.5 Å². The summed E-state index contributed by atoms with van der Waals surface area (Å²) in [5.74, 6) is 0.0786. The molecule has 1 aromatic carbocycles. The molecule has 1 atom stereocenters. The monoisotopic (exact) mass is 271 g/mol. The van der Waals surface area contributed by atoms with Gasteiger partial charge in [-0.05, 0) is 50.1 Å². The minimum atomic E-state index is -0.0320. The van der Waals surface area contributed by atoms with Gasteiger partial charge in [-0.15, -0.1) is 0 Å². The first-order valence-corrected chi connectivity index (χ1v) is 7.41. The highest BCUT2D eigenvalue weighted by Crippen LogP contribution is 2.21. The highest BCUT2D eigenvalue weighted by Gasteiger charge is 2.21. The summed E-state index contributed by atoms with van der Waals surface area (Å²) in [5.41, 5.74) is 2.11. The van der Waals surface area contributed by atoms with Crippen LogP contribution in [0.4, 0.5) is 5.69 Å². The second-order valence-corrected chi connectivity index (χ2v) is 5.42. The fourth-order valence-electron chi connectivity index (χ4n) is 2.85. The summed E-state index contributed by atoms with van der Waals surface area (Å²) in [7, 11) is 0. The van der Waals surface area contributed by atoms with Crippen molar-refractivity contribution in [3.05, 3.63) is 30.5 Å². The normalized spacial score (nSPS) is 18.6. The Hall–Kier alpha value is -1.81. The van der Waals surface area contributed by atoms with Gasteiger partial charge in [0.25, 0.3) is 0 Å². The fraction of sp³-hybridized carbons (Fsp3) is 0.438. The van der Waals surface area contributed by atoms with E-state index in [1.54, 1.807) is 0 Å². The number of fused-ring (bicyclic) bond motifs is 1. The van der Waals surface area contributed by atoms with Crippen LogP contribution in [0.5, 0.6) is 0 Å². The van der Waals surface area contributed by atoms with E-state index in [9.17, 15) is 4.79 Å². The van der Waals surface area contributed by atoms with E-state index in [4.69, 9.17) is 0 Å². The molecule has 1 saturated heterocycles. The maximum atomic E-state index is 12.1. The third-order valence-electron chi connectivity index (χ3n) is 3.88. The number of aromatic nitrogens is 1. The smallest absolute Gasteiger partial charge is 0.241 e. The van der Waals surface area contributed by atoms with E-state index in [0.717, 1.165) is 38.0 Å². The van der Waals surface area contributed by atoms with E-state index < -0.39 is 0 Å². The molecule has 1 aromatic heterocycles. The Kier molecular flexibility index (Phi) is 3.74. The van der Waals surface area contributed by atoms with Gasteiger partial charge >= 0.3 is 0 Å². The number of amides is 1. The third kappa shape index (κ3) is 2.56. The highest BCUT2D eigenvalue weighted by atomic mass is 16.2. The number of rotatable bonds is 4. The number of benzene rings is 1. The van der Waals surface area contributed by atoms with Crippen molar-refractivity contribution in [2.24, 2.45) is 0 Å². The molecule has 1 aliphatic heterocycles. The van der Waals surface area contributed by atoms with Gasteiger partial charge in [-0.1, -0.05) is 6.92 Å². The van der Waals surface area contributed by atoms with Crippen molar-refractivity contribution in [3.8, 4) is 0 Å². The molecule has 0 aliphatic carbocycles. The third-order valence-corrected chi connectivity index (χ3v) is 3.88. The fourth-order valence-corrected chi connectivity index (χ4v) is 2.85. The van der Waals surface area contributed by atoms with Gasteiger partial charge in [0, 0.05) is 29.3 Å². The number of carbonyl (C=O) groups is 1. The molecule has 1 amide bonds. The Bertz CT molecular complexity index is 611. The zero-order valence-electron chi connectivity index (χ0n) is 11.9. The first-order chi connectivity index (χ1) is 9.78. The minimum Gasteiger partial charge on any atom is -0.347 e. The molecule has 4 nitrogen and oxygen atoms in total. The largest absolute Gasteiger partial charge is 0.347 e. The molecular formula is C16H21N3O. The van der Waals surface area contributed by atoms with E-state index in [1.165, 1.54) is 10.9 Å². The van der Waals surface area contributed by atoms with Crippen LogP contribution in [-0.4, -0.2) is 23.1 Å². The van der Waals surface area contributed by atoms with Gasteiger partial charge in [0.05, 0.1) is 6.04 Å². The quantitative estimate of drug-likeness (QED) is 0.898. The van der Waals surface area contributed by atoms with Crippen molar-refractivity contribution < 1.29 is 4.79 Å². The van der Waals surface area contributed by atoms with Crippen LogP contribution in [0.25, 0.3) is 10.9 Å². The number of nitrogens with zero attached hydrogens (tertiary/aromatic N) is 1. The number of nitrogens with one attached hydrogen (secondary N) is 2. The van der Waals surface area contributed by atoms with Crippen molar-refractivity contribution in [1.82, 2.24) is 9.88 Å². The molecule has 2 heterocycles. The predicted octanol–water partition coefficient (Wildman–Crippen LogP) is 2.74. The average molecular weight is 271 g/mol. The van der Waals surface area contributed by atoms with Crippen LogP contribution >= 0.6 is 0 Å². The average Bonchev–Trinajstić information content (AvgIpc) is 3.09. The summed E-state index contributed by atoms with van der Waals surface area (Å²) in [5, 5.41) is 7.40. The van der Waals surface area contributed by atoms with Crippen molar-refractivity contribution in [1.29, 1.82) is 0 Å². The number of hydrogen-bond acceptors (Lipinski definition) is 2. The lowest BCUT2D eigenvalue weighted by atomic mass is 10.2. The summed E-state index contributed by atoms with van der Waals surface area (Å²) in [4.78, 5) is 12.1. The minimum absolute atomic E-state index is 0.0320. The van der Waals surface area contributed by atoms with Gasteiger partial charge in [-0.2, -0.15) is 0 Å². The number of hydrogen-bond donors (Lipinski definition) is 2. The summed E-state index contributed by atoms with van der Waals surface area (Å²) >= 11 is 0. The number of aryl methyl sites for hydroxylation is 1. The van der Waals surface area contributed by atoms with Crippen molar-refractivity contribution in [2.75, 3.05) is 11.9 Å². The molecule has 4 heteroatoms. The van der Waals surface area contributed by atoms with E-state index >= 15 is 0 Å². The molecule has 2 aromatic rings. The molecule has 1 fully saturated rings. The molecule has 0 saturated carbocycles. The number of anilines is 1. The van der Waals surface area contributed by atoms with Gasteiger partial charge in [0.2, 0.25) is 5.91 Å². The molecule has 0 bridgehead atoms. The van der Waals surface area contributed by atoms with Gasteiger partial charge < -0.3 is 15.2 Å². The molecule has 3 rings (SSSR count). The molecule has 0 radical (unpaired) electrons. The lowest BCUT2D eigenvalue weighted by molar-refractivity contribution is -0.117. The maximum absolute atomic E-state index is 12.1. The van der Waals surface area contributed by atoms with Crippen LogP contribution in [0.15, 0.2) is 30.5 Å². The van der Waals surface area contributed by atoms with Crippen molar-refractivity contribution in [3.63, 3.8) is 0 Å². The highest BCUT2D eigenvalue weighted by molar-refractivity contribution is 5.97. The van der Waals surface area contributed by atoms with Gasteiger partial charge in [-0.25, -0.2) is 0 Å². The van der Waals surface area contributed by atoms with Crippen molar-refractivity contribution in [2.45, 2.75) is 38.8 Å². The van der Waals surface area contributed by atoms with Crippen LogP contribution in [0.1, 0.15) is 26.2 Å². The Morgan fingerprint density at radius 3 is 3.10 bits per heavy atom. The first kappa shape index (κ1) is 13.2. The summed E-state index contributed by atoms with van der Waals surface area (Å²) < 4.78 is 2.25. The SMILES string of the molecule is CCCn1ccc2cc(NC(=O)C3CCCN3)ccc21. The second-order valence-electron chi connectivity index (χ2n) is 5.42. The lowest BCUT2D eigenvalue weighted by Gasteiger charge is -2.11. The van der Waals surface area contributed by atoms with Gasteiger partial charge in [-0.3, -0.25) is 4.79 Å². The zero-order chi connectivity index (χ0) is 13.9. The van der Waals surface area contributed by atoms with Crippen LogP contribution in [0, 0.1) is 0 Å². The second kappa shape index (κ2) is 5.67. The standard InChI is InChI=1S/C16H21N3O/c1-2-9-19-10-7-12-11-13(5-6-15(12)19)18-16(20)14-4-3-8-17-14/h5-7,10-11,14,17H,2-4,8-9H2,1H3,(H,18,20). The lowest BCUT2D eigenvalue weighted by Crippen LogP contribution is -2.35. The molecule has 2 N–H and O–H groups in total. The summed E-state index contributed by atoms with van der Waals surface area (Å²) in [6, 6.07) is 8.20. The molecule has 106 valence electrons. The molecular weight excluding hydrogens is 250 g/mol. The predicted molar refractivity (Wildman–Crippen MR) is 81.9 cm³/mol. The first-order valence-electron chi connectivity index (χ1n) is 7.41. The molecule has 1 unspecified atom stereocenters. The molecule has 20 heavy (non-hydrogen) atoms. The van der Waals surface area contributed by atoms with E-state index in [1.807, 2.05) is 12.1 Å². The van der Waals surface area contributed by atoms with Crippen LogP contribution < -0.4 is 10.6 Å². The Morgan fingerprint density at radius 1 is 1.45 bits per heavy atom. The summed E-state index contributed by atoms with van der Waals surface area (Å²) in [6.45, 7) is 4.15. The van der Waals surface area contributed by atoms with Crippen LogP contribution in [-0.2, 0) is 11.3 Å². The Labute approximate surface area is 119 Å². The van der Waals surface area contributed by atoms with E-state index in [2.05, 4.69) is 40.5 Å².